The van der Waals surface area contributed by atoms with E-state index in [1.54, 1.807) is 6.07 Å². The Hall–Kier alpha value is -1.32. The van der Waals surface area contributed by atoms with E-state index >= 15 is 0 Å². The summed E-state index contributed by atoms with van der Waals surface area (Å²) in [6.45, 7) is 5.22. The Bertz CT molecular complexity index is 447. The number of anilines is 1. The van der Waals surface area contributed by atoms with Gasteiger partial charge in [0.05, 0.1) is 0 Å². The van der Waals surface area contributed by atoms with Crippen LogP contribution in [0.2, 0.25) is 0 Å². The minimum atomic E-state index is -0.0657. The van der Waals surface area contributed by atoms with Gasteiger partial charge >= 0.3 is 0 Å². The molecule has 1 aliphatic rings. The van der Waals surface area contributed by atoms with E-state index in [9.17, 15) is 4.79 Å². The topological polar surface area (TPSA) is 57.8 Å². The summed E-state index contributed by atoms with van der Waals surface area (Å²) in [6, 6.07) is 1.55. The molecule has 19 heavy (non-hydrogen) atoms. The number of nitrogens with one attached hydrogen (secondary N) is 2. The van der Waals surface area contributed by atoms with Crippen molar-refractivity contribution in [1.82, 2.24) is 9.97 Å². The van der Waals surface area contributed by atoms with E-state index in [1.165, 1.54) is 32.1 Å². The number of H-pyrrole nitrogens is 1. The third-order valence-electron chi connectivity index (χ3n) is 4.24. The second-order valence-corrected chi connectivity index (χ2v) is 5.61. The zero-order valence-electron chi connectivity index (χ0n) is 12.0. The van der Waals surface area contributed by atoms with E-state index in [0.29, 0.717) is 0 Å². The number of aromatic amines is 1. The molecule has 2 N–H and O–H groups in total. The molecule has 4 heteroatoms. The molecule has 0 unspecified atom stereocenters. The minimum absolute atomic E-state index is 0.0657. The van der Waals surface area contributed by atoms with Crippen molar-refractivity contribution in [3.05, 3.63) is 22.2 Å². The first-order chi connectivity index (χ1) is 9.21. The normalized spacial score (nSPS) is 23.3. The standard InChI is InChI=1S/C15H25N3O/c1-3-11-5-7-12(8-6-11)10-16-14-9-15(19)18-13(4-2)17-14/h9,11-12H,3-8,10H2,1-2H3,(H2,16,17,18,19). The van der Waals surface area contributed by atoms with Gasteiger partial charge in [0.1, 0.15) is 11.6 Å². The Morgan fingerprint density at radius 2 is 1.95 bits per heavy atom. The van der Waals surface area contributed by atoms with Gasteiger partial charge < -0.3 is 10.3 Å². The van der Waals surface area contributed by atoms with E-state index in [2.05, 4.69) is 22.2 Å². The van der Waals surface area contributed by atoms with Crippen molar-refractivity contribution >= 4 is 5.82 Å². The molecule has 0 aliphatic heterocycles. The van der Waals surface area contributed by atoms with Gasteiger partial charge in [-0.3, -0.25) is 4.79 Å². The Labute approximate surface area is 115 Å². The molecule has 106 valence electrons. The van der Waals surface area contributed by atoms with Crippen molar-refractivity contribution in [1.29, 1.82) is 0 Å². The Kier molecular flexibility index (Phi) is 5.00. The van der Waals surface area contributed by atoms with E-state index in [-0.39, 0.29) is 5.56 Å². The van der Waals surface area contributed by atoms with Crippen molar-refractivity contribution in [2.24, 2.45) is 11.8 Å². The Balaban J connectivity index is 1.85. The van der Waals surface area contributed by atoms with Crippen LogP contribution in [0.25, 0.3) is 0 Å². The molecule has 0 saturated heterocycles. The Morgan fingerprint density at radius 3 is 2.58 bits per heavy atom. The van der Waals surface area contributed by atoms with Gasteiger partial charge in [0, 0.05) is 19.0 Å². The molecule has 1 aliphatic carbocycles. The minimum Gasteiger partial charge on any atom is -0.370 e. The molecule has 1 aromatic heterocycles. The number of rotatable bonds is 5. The summed E-state index contributed by atoms with van der Waals surface area (Å²) in [5.41, 5.74) is -0.0657. The number of aryl methyl sites for hydroxylation is 1. The highest BCUT2D eigenvalue weighted by molar-refractivity contribution is 5.32. The third-order valence-corrected chi connectivity index (χ3v) is 4.24. The predicted molar refractivity (Wildman–Crippen MR) is 78.5 cm³/mol. The molecule has 4 nitrogen and oxygen atoms in total. The molecular weight excluding hydrogens is 238 g/mol. The lowest BCUT2D eigenvalue weighted by Gasteiger charge is -2.27. The van der Waals surface area contributed by atoms with Crippen molar-refractivity contribution < 1.29 is 0 Å². The first-order valence-electron chi connectivity index (χ1n) is 7.55. The SMILES string of the molecule is CCc1nc(NCC2CCC(CC)CC2)cc(=O)[nH]1. The molecule has 1 saturated carbocycles. The second kappa shape index (κ2) is 6.73. The van der Waals surface area contributed by atoms with Crippen LogP contribution in [0.15, 0.2) is 10.9 Å². The summed E-state index contributed by atoms with van der Waals surface area (Å²) < 4.78 is 0. The first kappa shape index (κ1) is 14.1. The largest absolute Gasteiger partial charge is 0.370 e. The van der Waals surface area contributed by atoms with Gasteiger partial charge in [0.15, 0.2) is 0 Å². The monoisotopic (exact) mass is 263 g/mol. The third kappa shape index (κ3) is 4.08. The van der Waals surface area contributed by atoms with Crippen LogP contribution in [0.5, 0.6) is 0 Å². The summed E-state index contributed by atoms with van der Waals surface area (Å²) >= 11 is 0. The fourth-order valence-corrected chi connectivity index (χ4v) is 2.86. The zero-order chi connectivity index (χ0) is 13.7. The van der Waals surface area contributed by atoms with Crippen molar-refractivity contribution in [2.75, 3.05) is 11.9 Å². The number of aromatic nitrogens is 2. The maximum atomic E-state index is 11.5. The molecule has 0 spiro atoms. The van der Waals surface area contributed by atoms with Crippen LogP contribution in [0.4, 0.5) is 5.82 Å². The number of hydrogen-bond donors (Lipinski definition) is 2. The molecule has 0 bridgehead atoms. The van der Waals surface area contributed by atoms with Gasteiger partial charge in [-0.1, -0.05) is 33.1 Å². The molecule has 0 atom stereocenters. The maximum absolute atomic E-state index is 11.5. The summed E-state index contributed by atoms with van der Waals surface area (Å²) in [5.74, 6) is 3.14. The van der Waals surface area contributed by atoms with Crippen molar-refractivity contribution in [2.45, 2.75) is 52.4 Å². The molecular formula is C15H25N3O. The Morgan fingerprint density at radius 1 is 1.26 bits per heavy atom. The maximum Gasteiger partial charge on any atom is 0.252 e. The lowest BCUT2D eigenvalue weighted by molar-refractivity contribution is 0.278. The number of hydrogen-bond acceptors (Lipinski definition) is 3. The molecule has 1 fully saturated rings. The lowest BCUT2D eigenvalue weighted by atomic mass is 9.81. The average Bonchev–Trinajstić information content (AvgIpc) is 2.45. The van der Waals surface area contributed by atoms with Crippen molar-refractivity contribution in [3.63, 3.8) is 0 Å². The molecule has 1 heterocycles. The predicted octanol–water partition coefficient (Wildman–Crippen LogP) is 2.96. The van der Waals surface area contributed by atoms with Gasteiger partial charge in [-0.2, -0.15) is 0 Å². The summed E-state index contributed by atoms with van der Waals surface area (Å²) in [4.78, 5) is 18.6. The van der Waals surface area contributed by atoms with E-state index in [0.717, 1.165) is 36.4 Å². The second-order valence-electron chi connectivity index (χ2n) is 5.61. The van der Waals surface area contributed by atoms with Crippen LogP contribution < -0.4 is 10.9 Å². The summed E-state index contributed by atoms with van der Waals surface area (Å²) in [6.07, 6.45) is 7.38. The molecule has 0 radical (unpaired) electrons. The summed E-state index contributed by atoms with van der Waals surface area (Å²) in [7, 11) is 0. The highest BCUT2D eigenvalue weighted by Crippen LogP contribution is 2.30. The first-order valence-corrected chi connectivity index (χ1v) is 7.55. The fraction of sp³-hybridized carbons (Fsp3) is 0.733. The number of nitrogens with zero attached hydrogens (tertiary/aromatic N) is 1. The zero-order valence-corrected chi connectivity index (χ0v) is 12.0. The molecule has 1 aromatic rings. The highest BCUT2D eigenvalue weighted by Gasteiger charge is 2.19. The van der Waals surface area contributed by atoms with E-state index in [4.69, 9.17) is 0 Å². The molecule has 0 amide bonds. The van der Waals surface area contributed by atoms with Crippen LogP contribution in [-0.2, 0) is 6.42 Å². The van der Waals surface area contributed by atoms with E-state index < -0.39 is 0 Å². The van der Waals surface area contributed by atoms with Gasteiger partial charge in [0.2, 0.25) is 0 Å². The highest BCUT2D eigenvalue weighted by atomic mass is 16.1. The lowest BCUT2D eigenvalue weighted by Crippen LogP contribution is -2.22. The van der Waals surface area contributed by atoms with Crippen LogP contribution in [0.3, 0.4) is 0 Å². The van der Waals surface area contributed by atoms with Crippen molar-refractivity contribution in [3.8, 4) is 0 Å². The van der Waals surface area contributed by atoms with Gasteiger partial charge in [0.25, 0.3) is 5.56 Å². The summed E-state index contributed by atoms with van der Waals surface area (Å²) in [5, 5.41) is 3.33. The smallest absolute Gasteiger partial charge is 0.252 e. The molecule has 0 aromatic carbocycles. The molecule has 2 rings (SSSR count). The van der Waals surface area contributed by atoms with Gasteiger partial charge in [-0.25, -0.2) is 4.98 Å². The van der Waals surface area contributed by atoms with Gasteiger partial charge in [-0.05, 0) is 24.7 Å². The van der Waals surface area contributed by atoms with E-state index in [1.807, 2.05) is 6.92 Å². The average molecular weight is 263 g/mol. The quantitative estimate of drug-likeness (QED) is 0.858. The van der Waals surface area contributed by atoms with Crippen LogP contribution in [0.1, 0.15) is 51.8 Å². The fourth-order valence-electron chi connectivity index (χ4n) is 2.86. The van der Waals surface area contributed by atoms with Crippen LogP contribution >= 0.6 is 0 Å². The van der Waals surface area contributed by atoms with Crippen LogP contribution in [0, 0.1) is 11.8 Å². The van der Waals surface area contributed by atoms with Gasteiger partial charge in [-0.15, -0.1) is 0 Å². The van der Waals surface area contributed by atoms with Crippen LogP contribution in [-0.4, -0.2) is 16.5 Å².